The van der Waals surface area contributed by atoms with Gasteiger partial charge in [-0.2, -0.15) is 0 Å². The molecule has 23 heavy (non-hydrogen) atoms. The minimum atomic E-state index is -3.45. The molecule has 2 aliphatic rings. The molecule has 0 aliphatic carbocycles. The molecule has 0 saturated carbocycles. The molecule has 0 bridgehead atoms. The Hall–Kier alpha value is -1.93. The molecule has 1 spiro atoms. The smallest absolute Gasteiger partial charge is 0.322 e. The summed E-state index contributed by atoms with van der Waals surface area (Å²) in [5.41, 5.74) is 0.762. The first-order valence-electron chi connectivity index (χ1n) is 7.48. The third kappa shape index (κ3) is 2.96. The monoisotopic (exact) mass is 337 g/mol. The number of hydrogen-bond donors (Lipinski definition) is 2. The van der Waals surface area contributed by atoms with Crippen LogP contribution in [-0.2, 0) is 20.6 Å². The van der Waals surface area contributed by atoms with Gasteiger partial charge >= 0.3 is 6.03 Å². The summed E-state index contributed by atoms with van der Waals surface area (Å²) in [4.78, 5) is 23.2. The SMILES string of the molecule is Cc1ccccc1CS(=O)(=O)N1CCC2(CC1)NC(=O)NC2=O. The molecule has 0 radical (unpaired) electrons. The highest BCUT2D eigenvalue weighted by Gasteiger charge is 2.49. The van der Waals surface area contributed by atoms with Gasteiger partial charge in [0.15, 0.2) is 0 Å². The van der Waals surface area contributed by atoms with Gasteiger partial charge in [0.1, 0.15) is 5.54 Å². The fraction of sp³-hybridized carbons (Fsp3) is 0.467. The van der Waals surface area contributed by atoms with Gasteiger partial charge in [0.05, 0.1) is 5.75 Å². The van der Waals surface area contributed by atoms with Crippen molar-refractivity contribution < 1.29 is 18.0 Å². The molecule has 124 valence electrons. The van der Waals surface area contributed by atoms with Crippen molar-refractivity contribution in [1.29, 1.82) is 0 Å². The molecule has 2 heterocycles. The Bertz CT molecular complexity index is 752. The lowest BCUT2D eigenvalue weighted by Crippen LogP contribution is -2.55. The van der Waals surface area contributed by atoms with Gasteiger partial charge in [0, 0.05) is 13.1 Å². The summed E-state index contributed by atoms with van der Waals surface area (Å²) in [6.07, 6.45) is 0.579. The van der Waals surface area contributed by atoms with Crippen molar-refractivity contribution in [3.63, 3.8) is 0 Å². The van der Waals surface area contributed by atoms with Gasteiger partial charge in [-0.05, 0) is 30.9 Å². The molecule has 2 aliphatic heterocycles. The highest BCUT2D eigenvalue weighted by Crippen LogP contribution is 2.28. The molecule has 2 N–H and O–H groups in total. The zero-order valence-corrected chi connectivity index (χ0v) is 13.6. The second-order valence-electron chi connectivity index (χ2n) is 6.07. The van der Waals surface area contributed by atoms with Crippen molar-refractivity contribution in [2.45, 2.75) is 31.1 Å². The number of carbonyl (C=O) groups excluding carboxylic acids is 2. The fourth-order valence-corrected chi connectivity index (χ4v) is 4.72. The van der Waals surface area contributed by atoms with Gasteiger partial charge in [-0.25, -0.2) is 17.5 Å². The predicted octanol–water partition coefficient (Wildman–Crippen LogP) is 0.499. The molecular weight excluding hydrogens is 318 g/mol. The van der Waals surface area contributed by atoms with Crippen LogP contribution >= 0.6 is 0 Å². The number of nitrogens with zero attached hydrogens (tertiary/aromatic N) is 1. The first kappa shape index (κ1) is 15.9. The summed E-state index contributed by atoms with van der Waals surface area (Å²) >= 11 is 0. The van der Waals surface area contributed by atoms with Crippen LogP contribution in [0.5, 0.6) is 0 Å². The molecular formula is C15H19N3O4S. The number of imide groups is 1. The predicted molar refractivity (Wildman–Crippen MR) is 84.0 cm³/mol. The van der Waals surface area contributed by atoms with Crippen LogP contribution in [-0.4, -0.2) is 43.3 Å². The van der Waals surface area contributed by atoms with Crippen LogP contribution < -0.4 is 10.6 Å². The largest absolute Gasteiger partial charge is 0.323 e. The molecule has 1 aromatic carbocycles. The molecule has 7 nitrogen and oxygen atoms in total. The molecule has 0 unspecified atom stereocenters. The van der Waals surface area contributed by atoms with E-state index in [1.54, 1.807) is 0 Å². The maximum atomic E-state index is 12.6. The summed E-state index contributed by atoms with van der Waals surface area (Å²) in [7, 11) is -3.45. The van der Waals surface area contributed by atoms with E-state index in [2.05, 4.69) is 10.6 Å². The number of nitrogens with one attached hydrogen (secondary N) is 2. The Morgan fingerprint density at radius 2 is 1.83 bits per heavy atom. The summed E-state index contributed by atoms with van der Waals surface area (Å²) in [6.45, 7) is 2.33. The van der Waals surface area contributed by atoms with Gasteiger partial charge in [0.25, 0.3) is 5.91 Å². The van der Waals surface area contributed by atoms with Gasteiger partial charge in [-0.1, -0.05) is 24.3 Å². The number of amides is 3. The van der Waals surface area contributed by atoms with Crippen LogP contribution in [0.15, 0.2) is 24.3 Å². The Labute approximate surface area is 135 Å². The third-order valence-electron chi connectivity index (χ3n) is 4.58. The van der Waals surface area contributed by atoms with Gasteiger partial charge in [-0.15, -0.1) is 0 Å². The zero-order valence-electron chi connectivity index (χ0n) is 12.8. The summed E-state index contributed by atoms with van der Waals surface area (Å²) < 4.78 is 26.6. The first-order valence-corrected chi connectivity index (χ1v) is 9.09. The number of benzene rings is 1. The molecule has 3 amide bonds. The maximum absolute atomic E-state index is 12.6. The van der Waals surface area contributed by atoms with E-state index < -0.39 is 21.6 Å². The van der Waals surface area contributed by atoms with Crippen LogP contribution in [0.3, 0.4) is 0 Å². The molecule has 2 fully saturated rings. The normalized spacial score (nSPS) is 21.3. The van der Waals surface area contributed by atoms with E-state index in [4.69, 9.17) is 0 Å². The van der Waals surface area contributed by atoms with Crippen molar-refractivity contribution in [2.75, 3.05) is 13.1 Å². The highest BCUT2D eigenvalue weighted by molar-refractivity contribution is 7.88. The lowest BCUT2D eigenvalue weighted by Gasteiger charge is -2.36. The molecule has 1 aromatic rings. The molecule has 2 saturated heterocycles. The molecule has 8 heteroatoms. The number of urea groups is 1. The van der Waals surface area contributed by atoms with Gasteiger partial charge in [-0.3, -0.25) is 10.1 Å². The van der Waals surface area contributed by atoms with E-state index in [-0.39, 0.29) is 37.6 Å². The summed E-state index contributed by atoms with van der Waals surface area (Å²) in [6, 6.07) is 6.88. The number of carbonyl (C=O) groups is 2. The van der Waals surface area contributed by atoms with Gasteiger partial charge in [0.2, 0.25) is 10.0 Å². The van der Waals surface area contributed by atoms with E-state index in [0.29, 0.717) is 0 Å². The minimum Gasteiger partial charge on any atom is -0.323 e. The number of rotatable bonds is 3. The first-order chi connectivity index (χ1) is 10.8. The van der Waals surface area contributed by atoms with Crippen molar-refractivity contribution in [2.24, 2.45) is 0 Å². The van der Waals surface area contributed by atoms with Crippen molar-refractivity contribution in [3.05, 3.63) is 35.4 Å². The summed E-state index contributed by atoms with van der Waals surface area (Å²) in [5, 5.41) is 4.85. The van der Waals surface area contributed by atoms with E-state index in [0.717, 1.165) is 11.1 Å². The fourth-order valence-electron chi connectivity index (χ4n) is 3.09. The quantitative estimate of drug-likeness (QED) is 0.785. The molecule has 0 aromatic heterocycles. The molecule has 0 atom stereocenters. The zero-order chi connectivity index (χ0) is 16.7. The minimum absolute atomic E-state index is 0.0504. The van der Waals surface area contributed by atoms with Crippen molar-refractivity contribution >= 4 is 22.0 Å². The van der Waals surface area contributed by atoms with E-state index >= 15 is 0 Å². The number of sulfonamides is 1. The Kier molecular flexibility index (Phi) is 3.89. The average molecular weight is 337 g/mol. The standard InChI is InChI=1S/C15H19N3O4S/c1-11-4-2-3-5-12(11)10-23(21,22)18-8-6-15(7-9-18)13(19)16-14(20)17-15/h2-5H,6-10H2,1H3,(H2,16,17,19,20). The second-order valence-corrected chi connectivity index (χ2v) is 8.04. The number of aryl methyl sites for hydroxylation is 1. The number of piperidine rings is 1. The lowest BCUT2D eigenvalue weighted by molar-refractivity contribution is -0.125. The van der Waals surface area contributed by atoms with Crippen LogP contribution in [0.2, 0.25) is 0 Å². The second kappa shape index (κ2) is 5.61. The van der Waals surface area contributed by atoms with Crippen LogP contribution in [0, 0.1) is 6.92 Å². The van der Waals surface area contributed by atoms with Crippen LogP contribution in [0.4, 0.5) is 4.79 Å². The van der Waals surface area contributed by atoms with Crippen LogP contribution in [0.25, 0.3) is 0 Å². The highest BCUT2D eigenvalue weighted by atomic mass is 32.2. The van der Waals surface area contributed by atoms with Crippen LogP contribution in [0.1, 0.15) is 24.0 Å². The Morgan fingerprint density at radius 3 is 2.39 bits per heavy atom. The Balaban J connectivity index is 1.71. The average Bonchev–Trinajstić information content (AvgIpc) is 2.76. The summed E-state index contributed by atoms with van der Waals surface area (Å²) in [5.74, 6) is -0.413. The number of hydrogen-bond acceptors (Lipinski definition) is 4. The Morgan fingerprint density at radius 1 is 1.17 bits per heavy atom. The van der Waals surface area contributed by atoms with Gasteiger partial charge < -0.3 is 5.32 Å². The molecule has 3 rings (SSSR count). The topological polar surface area (TPSA) is 95.6 Å². The maximum Gasteiger partial charge on any atom is 0.322 e. The van der Waals surface area contributed by atoms with E-state index in [9.17, 15) is 18.0 Å². The lowest BCUT2D eigenvalue weighted by atomic mass is 9.89. The van der Waals surface area contributed by atoms with Crippen molar-refractivity contribution in [3.8, 4) is 0 Å². The third-order valence-corrected chi connectivity index (χ3v) is 6.41. The van der Waals surface area contributed by atoms with Crippen molar-refractivity contribution in [1.82, 2.24) is 14.9 Å². The van der Waals surface area contributed by atoms with E-state index in [1.807, 2.05) is 31.2 Å². The van der Waals surface area contributed by atoms with E-state index in [1.165, 1.54) is 4.31 Å².